The first-order chi connectivity index (χ1) is 17.9. The van der Waals surface area contributed by atoms with Crippen molar-refractivity contribution in [3.8, 4) is 0 Å². The second-order valence-corrected chi connectivity index (χ2v) is 14.2. The van der Waals surface area contributed by atoms with E-state index in [1.54, 1.807) is 0 Å². The van der Waals surface area contributed by atoms with Crippen molar-refractivity contribution < 1.29 is 18.7 Å². The number of rotatable bonds is 3. The summed E-state index contributed by atoms with van der Waals surface area (Å²) >= 11 is 0. The van der Waals surface area contributed by atoms with Crippen LogP contribution in [0.3, 0.4) is 0 Å². The quantitative estimate of drug-likeness (QED) is 0.479. The van der Waals surface area contributed by atoms with E-state index in [-0.39, 0.29) is 65.0 Å². The fraction of sp³-hybridized carbons (Fsp3) is 0.862. The number of nitrogens with zero attached hydrogens (tertiary/aromatic N) is 2. The number of halogens is 1. The van der Waals surface area contributed by atoms with Gasteiger partial charge in [0.2, 0.25) is 0 Å². The monoisotopic (exact) mass is 531 g/mol. The number of piperidine rings is 1. The van der Waals surface area contributed by atoms with Gasteiger partial charge in [0.1, 0.15) is 6.17 Å². The van der Waals surface area contributed by atoms with Crippen LogP contribution in [-0.2, 0) is 14.3 Å². The molecule has 8 nitrogen and oxygen atoms in total. The van der Waals surface area contributed by atoms with E-state index in [2.05, 4.69) is 48.1 Å². The molecule has 3 saturated heterocycles. The molecule has 38 heavy (non-hydrogen) atoms. The Kier molecular flexibility index (Phi) is 6.69. The first-order valence-electron chi connectivity index (χ1n) is 14.9. The molecule has 4 N–H and O–H groups in total. The van der Waals surface area contributed by atoms with Crippen molar-refractivity contribution in [1.82, 2.24) is 20.4 Å². The van der Waals surface area contributed by atoms with E-state index in [0.717, 1.165) is 51.5 Å². The molecular weight excluding hydrogens is 485 g/mol. The number of carbonyl (C=O) groups is 2. The molecule has 9 heteroatoms. The first kappa shape index (κ1) is 26.7. The fourth-order valence-corrected chi connectivity index (χ4v) is 8.93. The Morgan fingerprint density at radius 2 is 1.84 bits per heavy atom. The van der Waals surface area contributed by atoms with Gasteiger partial charge in [-0.2, -0.15) is 0 Å². The van der Waals surface area contributed by atoms with Crippen molar-refractivity contribution in [3.63, 3.8) is 0 Å². The summed E-state index contributed by atoms with van der Waals surface area (Å²) < 4.78 is 22.7. The van der Waals surface area contributed by atoms with E-state index in [1.807, 2.05) is 6.20 Å². The maximum atomic E-state index is 16.0. The van der Waals surface area contributed by atoms with E-state index in [0.29, 0.717) is 6.54 Å². The van der Waals surface area contributed by atoms with E-state index in [9.17, 15) is 9.59 Å². The largest absolute Gasteiger partial charge is 0.369 e. The smallest absolute Gasteiger partial charge is 0.256 e. The molecule has 4 aliphatic heterocycles. The van der Waals surface area contributed by atoms with Gasteiger partial charge < -0.3 is 26.0 Å². The molecule has 6 rings (SSSR count). The molecule has 0 aromatic heterocycles. The number of nitrogens with one attached hydrogen (secondary N) is 2. The Morgan fingerprint density at radius 3 is 2.53 bits per heavy atom. The summed E-state index contributed by atoms with van der Waals surface area (Å²) in [6.45, 7) is 10.0. The third kappa shape index (κ3) is 4.71. The number of ether oxygens (including phenoxy) is 1. The molecule has 4 heterocycles. The van der Waals surface area contributed by atoms with E-state index >= 15 is 4.39 Å². The number of morpholine rings is 1. The van der Waals surface area contributed by atoms with E-state index in [1.165, 1.54) is 0 Å². The van der Waals surface area contributed by atoms with Crippen LogP contribution in [0.5, 0.6) is 0 Å². The third-order valence-electron chi connectivity index (χ3n) is 9.99. The number of fused-ring (bicyclic) bond motifs is 2. The highest BCUT2D eigenvalue weighted by molar-refractivity contribution is 6.20. The summed E-state index contributed by atoms with van der Waals surface area (Å²) in [4.78, 5) is 32.0. The van der Waals surface area contributed by atoms with Gasteiger partial charge in [-0.25, -0.2) is 4.39 Å². The molecule has 0 bridgehead atoms. The third-order valence-corrected chi connectivity index (χ3v) is 9.99. The maximum absolute atomic E-state index is 16.0. The highest BCUT2D eigenvalue weighted by atomic mass is 19.1. The highest BCUT2D eigenvalue weighted by Crippen LogP contribution is 2.47. The van der Waals surface area contributed by atoms with Crippen LogP contribution in [0.1, 0.15) is 79.1 Å². The van der Waals surface area contributed by atoms with Gasteiger partial charge in [0, 0.05) is 48.4 Å². The summed E-state index contributed by atoms with van der Waals surface area (Å²) in [5.41, 5.74) is 6.14. The van der Waals surface area contributed by atoms with Crippen molar-refractivity contribution in [3.05, 3.63) is 11.8 Å². The predicted octanol–water partition coefficient (Wildman–Crippen LogP) is 2.02. The molecule has 0 radical (unpaired) electrons. The Morgan fingerprint density at radius 1 is 1.13 bits per heavy atom. The molecule has 2 aliphatic carbocycles. The predicted molar refractivity (Wildman–Crippen MR) is 143 cm³/mol. The molecule has 0 aromatic rings. The first-order valence-corrected chi connectivity index (χ1v) is 14.9. The minimum Gasteiger partial charge on any atom is -0.369 e. The van der Waals surface area contributed by atoms with Gasteiger partial charge in [-0.15, -0.1) is 0 Å². The van der Waals surface area contributed by atoms with Crippen molar-refractivity contribution in [2.75, 3.05) is 13.1 Å². The average Bonchev–Trinajstić information content (AvgIpc) is 3.24. The standard InChI is InChI=1S/C29H46FN5O3/c1-28(2)12-17(13-29(3,4)33-28)32-27(37)19-15-35-21-7-5-6-8-22(21)38-26-23(35)18(25(19)36)11-20(30)24(26)34-10-9-16(31)14-34/h15-18,20-24,26,33H,5-14,31H2,1-4H3,(H,32,37). The lowest BCUT2D eigenvalue weighted by Gasteiger charge is -2.60. The highest BCUT2D eigenvalue weighted by Gasteiger charge is 2.60. The number of ketones is 1. The average molecular weight is 532 g/mol. The van der Waals surface area contributed by atoms with Gasteiger partial charge in [-0.05, 0) is 66.2 Å². The summed E-state index contributed by atoms with van der Waals surface area (Å²) in [7, 11) is 0. The molecular formula is C29H46FN5O3. The van der Waals surface area contributed by atoms with Gasteiger partial charge in [0.25, 0.3) is 5.91 Å². The molecule has 212 valence electrons. The molecule has 1 amide bonds. The minimum absolute atomic E-state index is 0.00509. The lowest BCUT2D eigenvalue weighted by molar-refractivity contribution is -0.209. The number of carbonyl (C=O) groups excluding carboxylic acids is 2. The van der Waals surface area contributed by atoms with Crippen LogP contribution in [0.2, 0.25) is 0 Å². The Labute approximate surface area is 226 Å². The number of hydrogen-bond donors (Lipinski definition) is 3. The van der Waals surface area contributed by atoms with Crippen LogP contribution >= 0.6 is 0 Å². The number of alkyl halides is 1. The van der Waals surface area contributed by atoms with Gasteiger partial charge in [-0.1, -0.05) is 12.8 Å². The second-order valence-electron chi connectivity index (χ2n) is 14.2. The van der Waals surface area contributed by atoms with Crippen molar-refractivity contribution in [2.24, 2.45) is 11.7 Å². The second kappa shape index (κ2) is 9.53. The van der Waals surface area contributed by atoms with Gasteiger partial charge >= 0.3 is 0 Å². The zero-order valence-corrected chi connectivity index (χ0v) is 23.4. The van der Waals surface area contributed by atoms with Crippen molar-refractivity contribution in [2.45, 2.75) is 139 Å². The summed E-state index contributed by atoms with van der Waals surface area (Å²) in [6.07, 6.45) is 6.88. The Balaban J connectivity index is 1.30. The van der Waals surface area contributed by atoms with Crippen LogP contribution in [0, 0.1) is 5.92 Å². The number of Topliss-reactive ketones (excluding diaryl/α,β-unsaturated/α-hetero) is 1. The van der Waals surface area contributed by atoms with Crippen LogP contribution in [0.25, 0.3) is 0 Å². The Bertz CT molecular complexity index is 985. The summed E-state index contributed by atoms with van der Waals surface area (Å²) in [5, 5.41) is 6.85. The van der Waals surface area contributed by atoms with Gasteiger partial charge in [0.15, 0.2) is 5.78 Å². The van der Waals surface area contributed by atoms with E-state index in [4.69, 9.17) is 10.5 Å². The Hall–Kier alpha value is -1.55. The molecule has 6 aliphatic rings. The number of nitrogens with two attached hydrogens (primary N) is 1. The van der Waals surface area contributed by atoms with Gasteiger partial charge in [0.05, 0.1) is 35.9 Å². The summed E-state index contributed by atoms with van der Waals surface area (Å²) in [5.74, 6) is -1.11. The topological polar surface area (TPSA) is 99.9 Å². The molecule has 2 saturated carbocycles. The SMILES string of the molecule is CC1(C)CC(NC(=O)C2=CN3C4CCCCC4OC4C(N5CCC(N)C5)C(F)CC(C2=O)C43)CC(C)(C)N1. The van der Waals surface area contributed by atoms with Crippen LogP contribution in [-0.4, -0.2) is 94.2 Å². The number of likely N-dealkylation sites (tertiary alicyclic amines) is 1. The van der Waals surface area contributed by atoms with Gasteiger partial charge in [-0.3, -0.25) is 14.5 Å². The number of hydrogen-bond acceptors (Lipinski definition) is 7. The normalized spacial score (nSPS) is 42.7. The molecule has 5 fully saturated rings. The van der Waals surface area contributed by atoms with Crippen LogP contribution < -0.4 is 16.4 Å². The van der Waals surface area contributed by atoms with E-state index < -0.39 is 24.2 Å². The van der Waals surface area contributed by atoms with Crippen molar-refractivity contribution >= 4 is 11.7 Å². The molecule has 8 unspecified atom stereocenters. The fourth-order valence-electron chi connectivity index (χ4n) is 8.93. The zero-order valence-electron chi connectivity index (χ0n) is 23.4. The molecule has 8 atom stereocenters. The summed E-state index contributed by atoms with van der Waals surface area (Å²) in [6, 6.07) is -0.494. The maximum Gasteiger partial charge on any atom is 0.256 e. The lowest BCUT2D eigenvalue weighted by atomic mass is 9.69. The van der Waals surface area contributed by atoms with Crippen LogP contribution in [0.15, 0.2) is 11.8 Å². The molecule has 0 aromatic carbocycles. The molecule has 0 spiro atoms. The van der Waals surface area contributed by atoms with Crippen molar-refractivity contribution in [1.29, 1.82) is 0 Å². The zero-order chi connectivity index (χ0) is 27.0. The lowest BCUT2D eigenvalue weighted by Crippen LogP contribution is -2.73. The van der Waals surface area contributed by atoms with Crippen LogP contribution in [0.4, 0.5) is 4.39 Å². The minimum atomic E-state index is -1.19. The number of amides is 1.